The van der Waals surface area contributed by atoms with Gasteiger partial charge in [-0.3, -0.25) is 4.21 Å². The third-order valence-corrected chi connectivity index (χ3v) is 0. The summed E-state index contributed by atoms with van der Waals surface area (Å²) in [6, 6.07) is 0. The second kappa shape index (κ2) is 22.5. The van der Waals surface area contributed by atoms with Crippen molar-refractivity contribution in [1.82, 2.24) is 0 Å². The molecule has 3 nitrogen and oxygen atoms in total. The molecule has 0 aromatic carbocycles. The molecule has 45 valence electrons. The van der Waals surface area contributed by atoms with E-state index in [1.807, 2.05) is 20.3 Å². The van der Waals surface area contributed by atoms with Gasteiger partial charge in [-0.2, -0.15) is 0 Å². The summed E-state index contributed by atoms with van der Waals surface area (Å²) in [5.74, 6) is 0. The zero-order valence-corrected chi connectivity index (χ0v) is 11.0. The van der Waals surface area contributed by atoms with E-state index in [-0.39, 0.29) is 59.1 Å². The summed E-state index contributed by atoms with van der Waals surface area (Å²) in [5, 5.41) is 0. The molecule has 0 saturated heterocycles. The minimum Gasteiger partial charge on any atom is -0.784 e. The van der Waals surface area contributed by atoms with Crippen LogP contribution in [0.25, 0.3) is 0 Å². The van der Waals surface area contributed by atoms with Crippen molar-refractivity contribution < 1.29 is 72.4 Å². The molecule has 0 rings (SSSR count). The van der Waals surface area contributed by atoms with Crippen molar-refractivity contribution in [2.45, 2.75) is 13.8 Å². The molecule has 0 atom stereocenters. The first-order chi connectivity index (χ1) is 3.15. The Morgan fingerprint density at radius 2 is 1.22 bits per heavy atom. The van der Waals surface area contributed by atoms with E-state index in [0.29, 0.717) is 0 Å². The molecule has 6 heteroatoms. The van der Waals surface area contributed by atoms with Crippen LogP contribution in [0.3, 0.4) is 0 Å². The maximum Gasteiger partial charge on any atom is 1.00 e. The average molecular weight is 169 g/mol. The fourth-order valence-corrected chi connectivity index (χ4v) is 0. The molecule has 0 aromatic heterocycles. The average Bonchev–Trinajstić information content (AvgIpc) is 1.33. The van der Waals surface area contributed by atoms with Crippen LogP contribution in [0.15, 0.2) is 0 Å². The molecule has 0 N–H and O–H groups in total. The largest absolute Gasteiger partial charge is 1.00 e. The molecular formula is C3H7Na2O3S. The van der Waals surface area contributed by atoms with Crippen molar-refractivity contribution in [3.8, 4) is 0 Å². The summed E-state index contributed by atoms with van der Waals surface area (Å²) in [6.45, 7) is 4.00. The predicted octanol–water partition coefficient (Wildman–Crippen LogP) is -5.77. The first-order valence-corrected chi connectivity index (χ1v) is 2.65. The van der Waals surface area contributed by atoms with E-state index in [1.165, 1.54) is 0 Å². The van der Waals surface area contributed by atoms with Crippen LogP contribution in [-0.4, -0.2) is 13.3 Å². The zero-order valence-electron chi connectivity index (χ0n) is 6.21. The molecule has 9 heavy (non-hydrogen) atoms. The summed E-state index contributed by atoms with van der Waals surface area (Å²) >= 11 is -3.11. The van der Waals surface area contributed by atoms with Gasteiger partial charge in [0.05, 0.1) is 0 Å². The van der Waals surface area contributed by atoms with Gasteiger partial charge in [0.1, 0.15) is 0 Å². The van der Waals surface area contributed by atoms with Crippen molar-refractivity contribution in [3.05, 3.63) is 6.42 Å². The van der Waals surface area contributed by atoms with Gasteiger partial charge in [0, 0.05) is 0 Å². The second-order valence-electron chi connectivity index (χ2n) is 0.781. The Labute approximate surface area is 103 Å². The van der Waals surface area contributed by atoms with Crippen LogP contribution < -0.4 is 59.1 Å². The summed E-state index contributed by atoms with van der Waals surface area (Å²) < 4.78 is 25.3. The smallest absolute Gasteiger partial charge is 0.784 e. The van der Waals surface area contributed by atoms with Crippen LogP contribution in [0, 0.1) is 6.42 Å². The van der Waals surface area contributed by atoms with Crippen molar-refractivity contribution in [2.75, 3.05) is 0 Å². The predicted molar refractivity (Wildman–Crippen MR) is 25.3 cm³/mol. The molecule has 1 radical (unpaired) electrons. The van der Waals surface area contributed by atoms with Gasteiger partial charge in [0.2, 0.25) is 0 Å². The Hall–Kier alpha value is 2.07. The van der Waals surface area contributed by atoms with E-state index in [2.05, 4.69) is 0 Å². The molecule has 0 fully saturated rings. The maximum atomic E-state index is 8.44. The van der Waals surface area contributed by atoms with Crippen LogP contribution in [0.5, 0.6) is 0 Å². The molecule has 0 unspecified atom stereocenters. The van der Waals surface area contributed by atoms with Crippen molar-refractivity contribution in [3.63, 3.8) is 0 Å². The summed E-state index contributed by atoms with van der Waals surface area (Å²) in [5.41, 5.74) is 0. The summed E-state index contributed by atoms with van der Waals surface area (Å²) in [7, 11) is 0. The Balaban J connectivity index is -0.0000000233. The van der Waals surface area contributed by atoms with Gasteiger partial charge in [0.15, 0.2) is 0 Å². The molecule has 0 aliphatic carbocycles. The van der Waals surface area contributed by atoms with E-state index < -0.39 is 11.4 Å². The standard InChI is InChI=1S/C3H7.2Na.H2O3S/c1-3-2;;;1-4(2)3/h3H,1-2H3;;;(H2,1,2,3)/q;2*+1;/p-2. The molecule has 0 saturated carbocycles. The molecule has 0 aromatic rings. The zero-order chi connectivity index (χ0) is 6.28. The van der Waals surface area contributed by atoms with Gasteiger partial charge < -0.3 is 9.11 Å². The molecule has 0 aliphatic rings. The van der Waals surface area contributed by atoms with Crippen LogP contribution in [0.4, 0.5) is 0 Å². The van der Waals surface area contributed by atoms with Crippen LogP contribution in [0.1, 0.15) is 13.8 Å². The molecular weight excluding hydrogens is 162 g/mol. The van der Waals surface area contributed by atoms with E-state index in [9.17, 15) is 0 Å². The second-order valence-corrected chi connectivity index (χ2v) is 1.19. The molecule has 0 amide bonds. The quantitative estimate of drug-likeness (QED) is 0.268. The third kappa shape index (κ3) is 153. The van der Waals surface area contributed by atoms with Crippen LogP contribution in [-0.2, 0) is 11.4 Å². The van der Waals surface area contributed by atoms with E-state index in [4.69, 9.17) is 13.3 Å². The Morgan fingerprint density at radius 3 is 1.22 bits per heavy atom. The van der Waals surface area contributed by atoms with Gasteiger partial charge in [-0.1, -0.05) is 13.8 Å². The SMILES string of the molecule is C[CH]C.O=S([O-])[O-].[Na+].[Na+]. The van der Waals surface area contributed by atoms with Crippen molar-refractivity contribution >= 4 is 11.4 Å². The van der Waals surface area contributed by atoms with Gasteiger partial charge in [-0.25, -0.2) is 0 Å². The molecule has 0 spiro atoms. The first-order valence-electron chi connectivity index (χ1n) is 1.65. The first kappa shape index (κ1) is 22.5. The number of rotatable bonds is 0. The molecule has 0 heterocycles. The van der Waals surface area contributed by atoms with Gasteiger partial charge >= 0.3 is 59.1 Å². The topological polar surface area (TPSA) is 63.2 Å². The summed E-state index contributed by atoms with van der Waals surface area (Å²) in [4.78, 5) is 0. The van der Waals surface area contributed by atoms with Crippen molar-refractivity contribution in [1.29, 1.82) is 0 Å². The third-order valence-electron chi connectivity index (χ3n) is 0. The summed E-state index contributed by atoms with van der Waals surface area (Å²) in [6.07, 6.45) is 2.00. The Bertz CT molecular complexity index is 48.3. The Morgan fingerprint density at radius 1 is 1.22 bits per heavy atom. The van der Waals surface area contributed by atoms with Gasteiger partial charge in [0.25, 0.3) is 0 Å². The Kier molecular flexibility index (Phi) is 56.1. The normalized spacial score (nSPS) is 5.89. The molecule has 0 bridgehead atoms. The van der Waals surface area contributed by atoms with E-state index in [1.54, 1.807) is 0 Å². The minimum atomic E-state index is -3.11. The minimum absolute atomic E-state index is 0. The van der Waals surface area contributed by atoms with E-state index in [0.717, 1.165) is 0 Å². The number of hydrogen-bond donors (Lipinski definition) is 0. The molecule has 0 aliphatic heterocycles. The monoisotopic (exact) mass is 169 g/mol. The van der Waals surface area contributed by atoms with Crippen LogP contribution in [0.2, 0.25) is 0 Å². The van der Waals surface area contributed by atoms with Gasteiger partial charge in [-0.15, -0.1) is 11.4 Å². The van der Waals surface area contributed by atoms with Crippen LogP contribution >= 0.6 is 0 Å². The fraction of sp³-hybridized carbons (Fsp3) is 0.667. The maximum absolute atomic E-state index is 8.44. The van der Waals surface area contributed by atoms with E-state index >= 15 is 0 Å². The fourth-order valence-electron chi connectivity index (χ4n) is 0. The number of hydrogen-bond acceptors (Lipinski definition) is 3. The van der Waals surface area contributed by atoms with Crippen molar-refractivity contribution in [2.24, 2.45) is 0 Å². The van der Waals surface area contributed by atoms with Gasteiger partial charge in [-0.05, 0) is 6.42 Å².